The van der Waals surface area contributed by atoms with Crippen LogP contribution in [0.4, 0.5) is 5.69 Å². The summed E-state index contributed by atoms with van der Waals surface area (Å²) in [6.07, 6.45) is 1.54. The van der Waals surface area contributed by atoms with Crippen LogP contribution in [-0.4, -0.2) is 30.5 Å². The van der Waals surface area contributed by atoms with Gasteiger partial charge in [0.1, 0.15) is 0 Å². The summed E-state index contributed by atoms with van der Waals surface area (Å²) < 4.78 is 4.58. The second kappa shape index (κ2) is 8.93. The fourth-order valence-corrected chi connectivity index (χ4v) is 2.79. The molecule has 0 bridgehead atoms. The van der Waals surface area contributed by atoms with Crippen LogP contribution in [0.1, 0.15) is 43.8 Å². The van der Waals surface area contributed by atoms with E-state index >= 15 is 0 Å². The second-order valence-corrected chi connectivity index (χ2v) is 6.31. The molecule has 2 rings (SSSR count). The maximum atomic E-state index is 12.3. The maximum absolute atomic E-state index is 12.3. The summed E-state index contributed by atoms with van der Waals surface area (Å²) >= 11 is 0. The van der Waals surface area contributed by atoms with Crippen LogP contribution in [0.2, 0.25) is 0 Å². The molecule has 1 N–H and O–H groups in total. The fourth-order valence-electron chi connectivity index (χ4n) is 2.79. The van der Waals surface area contributed by atoms with Gasteiger partial charge >= 0.3 is 5.97 Å². The van der Waals surface area contributed by atoms with Gasteiger partial charge in [-0.05, 0) is 43.9 Å². The molecule has 0 spiro atoms. The SMILES string of the molecule is COC(=O)c1cc(C(=O)NCCCc2ccc(C)cc2C)cc([N+](=O)[O-])c1. The molecule has 27 heavy (non-hydrogen) atoms. The molecule has 0 saturated heterocycles. The van der Waals surface area contributed by atoms with E-state index in [1.165, 1.54) is 29.9 Å². The molecule has 142 valence electrons. The van der Waals surface area contributed by atoms with E-state index in [-0.39, 0.29) is 16.8 Å². The third-order valence-electron chi connectivity index (χ3n) is 4.22. The van der Waals surface area contributed by atoms with Crippen molar-refractivity contribution in [3.8, 4) is 0 Å². The summed E-state index contributed by atoms with van der Waals surface area (Å²) in [5.41, 5.74) is 3.32. The molecule has 0 atom stereocenters. The Bertz CT molecular complexity index is 877. The number of nitro groups is 1. The van der Waals surface area contributed by atoms with Crippen molar-refractivity contribution in [2.75, 3.05) is 13.7 Å². The van der Waals surface area contributed by atoms with E-state index < -0.39 is 16.8 Å². The third-order valence-corrected chi connectivity index (χ3v) is 4.22. The summed E-state index contributed by atoms with van der Waals surface area (Å²) in [6, 6.07) is 9.77. The first kappa shape index (κ1) is 20.1. The second-order valence-electron chi connectivity index (χ2n) is 6.31. The lowest BCUT2D eigenvalue weighted by molar-refractivity contribution is -0.384. The minimum atomic E-state index is -0.734. The first-order valence-corrected chi connectivity index (χ1v) is 8.54. The number of non-ortho nitro benzene ring substituents is 1. The van der Waals surface area contributed by atoms with Gasteiger partial charge in [-0.25, -0.2) is 4.79 Å². The van der Waals surface area contributed by atoms with Crippen LogP contribution in [0.5, 0.6) is 0 Å². The van der Waals surface area contributed by atoms with Crippen LogP contribution in [0.15, 0.2) is 36.4 Å². The van der Waals surface area contributed by atoms with E-state index in [1.54, 1.807) is 0 Å². The minimum absolute atomic E-state index is 0.0351. The van der Waals surface area contributed by atoms with E-state index in [2.05, 4.69) is 35.2 Å². The van der Waals surface area contributed by atoms with Crippen LogP contribution < -0.4 is 5.32 Å². The number of amides is 1. The van der Waals surface area contributed by atoms with Crippen LogP contribution in [0, 0.1) is 24.0 Å². The molecule has 0 unspecified atom stereocenters. The third kappa shape index (κ3) is 5.37. The number of methoxy groups -OCH3 is 1. The van der Waals surface area contributed by atoms with Crippen molar-refractivity contribution >= 4 is 17.6 Å². The highest BCUT2D eigenvalue weighted by molar-refractivity contribution is 5.98. The number of benzene rings is 2. The average molecular weight is 370 g/mol. The van der Waals surface area contributed by atoms with Gasteiger partial charge in [0, 0.05) is 24.2 Å². The predicted octanol–water partition coefficient (Wildman–Crippen LogP) is 3.36. The van der Waals surface area contributed by atoms with E-state index in [4.69, 9.17) is 0 Å². The van der Waals surface area contributed by atoms with Crippen molar-refractivity contribution in [1.82, 2.24) is 5.32 Å². The lowest BCUT2D eigenvalue weighted by Gasteiger charge is -2.09. The van der Waals surface area contributed by atoms with Crippen LogP contribution in [0.3, 0.4) is 0 Å². The highest BCUT2D eigenvalue weighted by Crippen LogP contribution is 2.18. The number of nitrogens with zero attached hydrogens (tertiary/aromatic N) is 1. The largest absolute Gasteiger partial charge is 0.465 e. The zero-order chi connectivity index (χ0) is 20.0. The minimum Gasteiger partial charge on any atom is -0.465 e. The number of hydrogen-bond acceptors (Lipinski definition) is 5. The van der Waals surface area contributed by atoms with Gasteiger partial charge in [-0.2, -0.15) is 0 Å². The monoisotopic (exact) mass is 370 g/mol. The van der Waals surface area contributed by atoms with Crippen molar-refractivity contribution in [2.45, 2.75) is 26.7 Å². The zero-order valence-electron chi connectivity index (χ0n) is 15.6. The molecule has 0 saturated carbocycles. The van der Waals surface area contributed by atoms with E-state index in [9.17, 15) is 19.7 Å². The van der Waals surface area contributed by atoms with Crippen LogP contribution in [0.25, 0.3) is 0 Å². The molecular weight excluding hydrogens is 348 g/mol. The quantitative estimate of drug-likeness (QED) is 0.349. The number of aryl methyl sites for hydroxylation is 3. The molecule has 0 radical (unpaired) electrons. The summed E-state index contributed by atoms with van der Waals surface area (Å²) in [6.45, 7) is 4.51. The Morgan fingerprint density at radius 1 is 1.11 bits per heavy atom. The molecule has 0 aliphatic heterocycles. The molecule has 2 aromatic rings. The Morgan fingerprint density at radius 2 is 1.81 bits per heavy atom. The Hall–Kier alpha value is -3.22. The van der Waals surface area contributed by atoms with E-state index in [0.29, 0.717) is 6.54 Å². The van der Waals surface area contributed by atoms with Gasteiger partial charge in [-0.3, -0.25) is 14.9 Å². The fraction of sp³-hybridized carbons (Fsp3) is 0.300. The first-order chi connectivity index (χ1) is 12.8. The maximum Gasteiger partial charge on any atom is 0.338 e. The Morgan fingerprint density at radius 3 is 2.44 bits per heavy atom. The molecule has 0 aliphatic rings. The number of esters is 1. The highest BCUT2D eigenvalue weighted by Gasteiger charge is 2.18. The van der Waals surface area contributed by atoms with Crippen molar-refractivity contribution in [3.05, 3.63) is 74.3 Å². The topological polar surface area (TPSA) is 98.5 Å². The molecular formula is C20H22N2O5. The van der Waals surface area contributed by atoms with Crippen molar-refractivity contribution < 1.29 is 19.2 Å². The van der Waals surface area contributed by atoms with Crippen LogP contribution >= 0.6 is 0 Å². The van der Waals surface area contributed by atoms with Gasteiger partial charge in [0.05, 0.1) is 17.6 Å². The van der Waals surface area contributed by atoms with Gasteiger partial charge < -0.3 is 10.1 Å². The molecule has 0 aromatic heterocycles. The average Bonchev–Trinajstić information content (AvgIpc) is 2.65. The molecule has 7 heteroatoms. The van der Waals surface area contributed by atoms with Crippen LogP contribution in [-0.2, 0) is 11.2 Å². The summed E-state index contributed by atoms with van der Waals surface area (Å²) in [4.78, 5) is 34.4. The standard InChI is InChI=1S/C20H22N2O5/c1-13-6-7-15(14(2)9-13)5-4-8-21-19(23)16-10-17(20(24)27-3)12-18(11-16)22(25)26/h6-7,9-12H,4-5,8H2,1-3H3,(H,21,23). The van der Waals surface area contributed by atoms with E-state index in [1.807, 2.05) is 6.92 Å². The molecule has 1 amide bonds. The van der Waals surface area contributed by atoms with Crippen molar-refractivity contribution in [2.24, 2.45) is 0 Å². The summed E-state index contributed by atoms with van der Waals surface area (Å²) in [5.74, 6) is -1.20. The molecule has 0 heterocycles. The zero-order valence-corrected chi connectivity index (χ0v) is 15.6. The Kier molecular flexibility index (Phi) is 6.65. The lowest BCUT2D eigenvalue weighted by Crippen LogP contribution is -2.25. The molecule has 7 nitrogen and oxygen atoms in total. The summed E-state index contributed by atoms with van der Waals surface area (Å²) in [7, 11) is 1.17. The Balaban J connectivity index is 2.01. The van der Waals surface area contributed by atoms with Gasteiger partial charge in [0.2, 0.25) is 0 Å². The lowest BCUT2D eigenvalue weighted by atomic mass is 10.0. The molecule has 0 aliphatic carbocycles. The normalized spacial score (nSPS) is 10.3. The number of carbonyl (C=O) groups is 2. The van der Waals surface area contributed by atoms with Gasteiger partial charge in [0.15, 0.2) is 0 Å². The highest BCUT2D eigenvalue weighted by atomic mass is 16.6. The number of rotatable bonds is 7. The number of nitro benzene ring substituents is 1. The number of nitrogens with one attached hydrogen (secondary N) is 1. The summed E-state index contributed by atoms with van der Waals surface area (Å²) in [5, 5.41) is 13.8. The molecule has 2 aromatic carbocycles. The van der Waals surface area contributed by atoms with Gasteiger partial charge in [0.25, 0.3) is 11.6 Å². The number of carbonyl (C=O) groups excluding carboxylic acids is 2. The molecule has 0 fully saturated rings. The first-order valence-electron chi connectivity index (χ1n) is 8.54. The van der Waals surface area contributed by atoms with Crippen molar-refractivity contribution in [3.63, 3.8) is 0 Å². The Labute approximate surface area is 157 Å². The van der Waals surface area contributed by atoms with E-state index in [0.717, 1.165) is 25.0 Å². The van der Waals surface area contributed by atoms with Gasteiger partial charge in [-0.15, -0.1) is 0 Å². The number of ether oxygens (including phenoxy) is 1. The van der Waals surface area contributed by atoms with Gasteiger partial charge in [-0.1, -0.05) is 23.8 Å². The predicted molar refractivity (Wildman–Crippen MR) is 101 cm³/mol. The smallest absolute Gasteiger partial charge is 0.338 e. The van der Waals surface area contributed by atoms with Crippen molar-refractivity contribution in [1.29, 1.82) is 0 Å². The number of hydrogen-bond donors (Lipinski definition) is 1.